The molecule has 0 atom stereocenters. The van der Waals surface area contributed by atoms with Crippen LogP contribution in [0.15, 0.2) is 6.07 Å². The number of esters is 1. The largest absolute Gasteiger partial charge is 0.481 e. The van der Waals surface area contributed by atoms with E-state index in [1.54, 1.807) is 20.8 Å². The van der Waals surface area contributed by atoms with Crippen LogP contribution in [0.25, 0.3) is 0 Å². The lowest BCUT2D eigenvalue weighted by Crippen LogP contribution is -2.43. The minimum Gasteiger partial charge on any atom is -0.481 e. The van der Waals surface area contributed by atoms with Gasteiger partial charge in [-0.3, -0.25) is 4.79 Å². The van der Waals surface area contributed by atoms with E-state index >= 15 is 0 Å². The number of hydrogen-bond donors (Lipinski definition) is 1. The number of anilines is 1. The molecule has 0 spiro atoms. The Morgan fingerprint density at radius 3 is 2.58 bits per heavy atom. The van der Waals surface area contributed by atoms with E-state index in [1.807, 2.05) is 4.90 Å². The zero-order valence-corrected chi connectivity index (χ0v) is 14.1. The van der Waals surface area contributed by atoms with Crippen molar-refractivity contribution >= 4 is 17.8 Å². The molecule has 24 heavy (non-hydrogen) atoms. The maximum Gasteiger partial charge on any atom is 0.340 e. The van der Waals surface area contributed by atoms with E-state index in [4.69, 9.17) is 4.74 Å². The van der Waals surface area contributed by atoms with E-state index in [0.29, 0.717) is 43.0 Å². The highest BCUT2D eigenvalue weighted by Gasteiger charge is 2.37. The first kappa shape index (κ1) is 17.7. The number of aryl methyl sites for hydroxylation is 1. The summed E-state index contributed by atoms with van der Waals surface area (Å²) in [6, 6.07) is 3.57. The van der Waals surface area contributed by atoms with Crippen molar-refractivity contribution in [3.8, 4) is 6.07 Å². The number of hydrogen-bond acceptors (Lipinski definition) is 6. The molecular weight excluding hydrogens is 310 g/mol. The van der Waals surface area contributed by atoms with Crippen LogP contribution in [0.4, 0.5) is 5.82 Å². The summed E-state index contributed by atoms with van der Waals surface area (Å²) in [6.07, 6.45) is 0.959. The molecule has 1 aromatic rings. The van der Waals surface area contributed by atoms with Crippen LogP contribution in [0.3, 0.4) is 0 Å². The SMILES string of the molecule is CCOC(=O)c1cc(C#N)c(N2CCC(C)(C(=O)O)CC2)nc1C. The lowest BCUT2D eigenvalue weighted by atomic mass is 9.80. The fourth-order valence-corrected chi connectivity index (χ4v) is 2.76. The van der Waals surface area contributed by atoms with Gasteiger partial charge in [-0.2, -0.15) is 5.26 Å². The lowest BCUT2D eigenvalue weighted by Gasteiger charge is -2.37. The minimum atomic E-state index is -0.801. The molecule has 7 nitrogen and oxygen atoms in total. The number of nitrogens with zero attached hydrogens (tertiary/aromatic N) is 3. The molecule has 0 saturated carbocycles. The van der Waals surface area contributed by atoms with Gasteiger partial charge in [0.2, 0.25) is 0 Å². The van der Waals surface area contributed by atoms with Gasteiger partial charge < -0.3 is 14.7 Å². The number of carboxylic acids is 1. The van der Waals surface area contributed by atoms with Gasteiger partial charge in [-0.25, -0.2) is 9.78 Å². The van der Waals surface area contributed by atoms with Crippen LogP contribution >= 0.6 is 0 Å². The molecule has 0 aromatic carbocycles. The molecule has 2 rings (SSSR count). The van der Waals surface area contributed by atoms with Gasteiger partial charge in [0.05, 0.1) is 28.8 Å². The molecule has 1 N–H and O–H groups in total. The first-order valence-corrected chi connectivity index (χ1v) is 7.89. The second-order valence-electron chi connectivity index (χ2n) is 6.18. The summed E-state index contributed by atoms with van der Waals surface area (Å²) in [7, 11) is 0. The van der Waals surface area contributed by atoms with Gasteiger partial charge in [-0.1, -0.05) is 0 Å². The quantitative estimate of drug-likeness (QED) is 0.843. The lowest BCUT2D eigenvalue weighted by molar-refractivity contribution is -0.149. The monoisotopic (exact) mass is 331 g/mol. The van der Waals surface area contributed by atoms with Gasteiger partial charge in [-0.15, -0.1) is 0 Å². The van der Waals surface area contributed by atoms with E-state index < -0.39 is 17.4 Å². The second-order valence-corrected chi connectivity index (χ2v) is 6.18. The first-order chi connectivity index (χ1) is 11.3. The zero-order chi connectivity index (χ0) is 17.9. The third-order valence-corrected chi connectivity index (χ3v) is 4.49. The number of carbonyl (C=O) groups is 2. The maximum absolute atomic E-state index is 11.9. The summed E-state index contributed by atoms with van der Waals surface area (Å²) < 4.78 is 4.98. The Morgan fingerprint density at radius 1 is 1.46 bits per heavy atom. The van der Waals surface area contributed by atoms with E-state index in [2.05, 4.69) is 11.1 Å². The second kappa shape index (κ2) is 6.87. The van der Waals surface area contributed by atoms with Crippen molar-refractivity contribution in [3.05, 3.63) is 22.9 Å². The number of aromatic nitrogens is 1. The Morgan fingerprint density at radius 2 is 2.08 bits per heavy atom. The molecule has 0 aliphatic carbocycles. The van der Waals surface area contributed by atoms with Gasteiger partial charge in [0.1, 0.15) is 11.9 Å². The Bertz CT molecular complexity index is 701. The molecule has 1 aliphatic heterocycles. The van der Waals surface area contributed by atoms with Gasteiger partial charge in [0, 0.05) is 13.1 Å². The minimum absolute atomic E-state index is 0.252. The van der Waals surface area contributed by atoms with Crippen molar-refractivity contribution in [2.24, 2.45) is 5.41 Å². The van der Waals surface area contributed by atoms with Gasteiger partial charge in [-0.05, 0) is 39.7 Å². The van der Waals surface area contributed by atoms with Crippen LogP contribution in [0.2, 0.25) is 0 Å². The molecule has 0 bridgehead atoms. The number of piperidine rings is 1. The van der Waals surface area contributed by atoms with Crippen molar-refractivity contribution in [1.29, 1.82) is 5.26 Å². The highest BCUT2D eigenvalue weighted by molar-refractivity contribution is 5.91. The third kappa shape index (κ3) is 3.32. The van der Waals surface area contributed by atoms with E-state index in [0.717, 1.165) is 0 Å². The Balaban J connectivity index is 2.29. The highest BCUT2D eigenvalue weighted by atomic mass is 16.5. The van der Waals surface area contributed by atoms with Gasteiger partial charge in [0.15, 0.2) is 0 Å². The number of carboxylic acid groups (broad SMARTS) is 1. The summed E-state index contributed by atoms with van der Waals surface area (Å²) in [5.41, 5.74) is 0.324. The standard InChI is InChI=1S/C17H21N3O4/c1-4-24-15(21)13-9-12(10-18)14(19-11(13)2)20-7-5-17(3,6-8-20)16(22)23/h9H,4-8H2,1-3H3,(H,22,23). The summed E-state index contributed by atoms with van der Waals surface area (Å²) >= 11 is 0. The van der Waals surface area contributed by atoms with Gasteiger partial charge >= 0.3 is 11.9 Å². The number of pyridine rings is 1. The van der Waals surface area contributed by atoms with Crippen LogP contribution in [0, 0.1) is 23.7 Å². The average Bonchev–Trinajstić information content (AvgIpc) is 2.55. The molecule has 1 aromatic heterocycles. The fourth-order valence-electron chi connectivity index (χ4n) is 2.76. The number of nitriles is 1. The molecule has 1 saturated heterocycles. The Hall–Kier alpha value is -2.62. The average molecular weight is 331 g/mol. The van der Waals surface area contributed by atoms with Crippen LogP contribution in [0.5, 0.6) is 0 Å². The molecule has 0 radical (unpaired) electrons. The molecule has 0 amide bonds. The third-order valence-electron chi connectivity index (χ3n) is 4.49. The summed E-state index contributed by atoms with van der Waals surface area (Å²) in [4.78, 5) is 29.6. The van der Waals surface area contributed by atoms with E-state index in [-0.39, 0.29) is 12.2 Å². The van der Waals surface area contributed by atoms with Crippen LogP contribution in [0.1, 0.15) is 48.3 Å². The van der Waals surface area contributed by atoms with Crippen molar-refractivity contribution in [2.45, 2.75) is 33.6 Å². The Labute approximate surface area is 140 Å². The van der Waals surface area contributed by atoms with Crippen LogP contribution in [-0.2, 0) is 9.53 Å². The summed E-state index contributed by atoms with van der Waals surface area (Å²) in [5.74, 6) is -0.803. The maximum atomic E-state index is 11.9. The van der Waals surface area contributed by atoms with Crippen molar-refractivity contribution < 1.29 is 19.4 Å². The Kier molecular flexibility index (Phi) is 5.07. The van der Waals surface area contributed by atoms with Gasteiger partial charge in [0.25, 0.3) is 0 Å². The van der Waals surface area contributed by atoms with Crippen LogP contribution < -0.4 is 4.90 Å². The zero-order valence-electron chi connectivity index (χ0n) is 14.1. The van der Waals surface area contributed by atoms with Crippen molar-refractivity contribution in [3.63, 3.8) is 0 Å². The highest BCUT2D eigenvalue weighted by Crippen LogP contribution is 2.34. The normalized spacial score (nSPS) is 16.3. The number of aliphatic carboxylic acids is 1. The summed E-state index contributed by atoms with van der Waals surface area (Å²) in [6.45, 7) is 6.41. The van der Waals surface area contributed by atoms with Crippen LogP contribution in [-0.4, -0.2) is 41.7 Å². The summed E-state index contributed by atoms with van der Waals surface area (Å²) in [5, 5.41) is 18.7. The molecule has 128 valence electrons. The van der Waals surface area contributed by atoms with E-state index in [1.165, 1.54) is 6.07 Å². The molecular formula is C17H21N3O4. The molecule has 7 heteroatoms. The molecule has 0 unspecified atom stereocenters. The topological polar surface area (TPSA) is 104 Å². The number of carbonyl (C=O) groups excluding carboxylic acids is 1. The molecule has 1 fully saturated rings. The number of ether oxygens (including phenoxy) is 1. The number of rotatable bonds is 4. The smallest absolute Gasteiger partial charge is 0.340 e. The first-order valence-electron chi connectivity index (χ1n) is 7.89. The fraction of sp³-hybridized carbons (Fsp3) is 0.529. The predicted octanol–water partition coefficient (Wildman–Crippen LogP) is 2.13. The molecule has 2 heterocycles. The van der Waals surface area contributed by atoms with Crippen molar-refractivity contribution in [1.82, 2.24) is 4.98 Å². The predicted molar refractivity (Wildman–Crippen MR) is 86.8 cm³/mol. The van der Waals surface area contributed by atoms with Crippen molar-refractivity contribution in [2.75, 3.05) is 24.6 Å². The molecule has 1 aliphatic rings. The van der Waals surface area contributed by atoms with E-state index in [9.17, 15) is 20.0 Å².